The van der Waals surface area contributed by atoms with Crippen LogP contribution < -0.4 is 9.47 Å². The number of methoxy groups -OCH3 is 1. The summed E-state index contributed by atoms with van der Waals surface area (Å²) in [5.41, 5.74) is 0.678. The van der Waals surface area contributed by atoms with Gasteiger partial charge in [0, 0.05) is 0 Å². The van der Waals surface area contributed by atoms with Crippen LogP contribution in [0.15, 0.2) is 24.4 Å². The van der Waals surface area contributed by atoms with E-state index in [1.165, 1.54) is 19.4 Å². The number of aromatic nitrogens is 2. The largest absolute Gasteiger partial charge is 0.478 e. The molecule has 0 unspecified atom stereocenters. The lowest BCUT2D eigenvalue weighted by molar-refractivity contribution is 0.0694. The summed E-state index contributed by atoms with van der Waals surface area (Å²) in [4.78, 5) is 19.0. The van der Waals surface area contributed by atoms with Gasteiger partial charge in [-0.05, 0) is 18.6 Å². The van der Waals surface area contributed by atoms with E-state index in [1.54, 1.807) is 19.1 Å². The first-order valence-electron chi connectivity index (χ1n) is 5.60. The molecule has 0 spiro atoms. The van der Waals surface area contributed by atoms with Gasteiger partial charge in [0.2, 0.25) is 5.88 Å². The second-order valence-electron chi connectivity index (χ2n) is 3.87. The molecule has 2 rings (SSSR count). The van der Waals surface area contributed by atoms with Crippen molar-refractivity contribution in [3.63, 3.8) is 0 Å². The van der Waals surface area contributed by atoms with Gasteiger partial charge in [-0.25, -0.2) is 9.78 Å². The highest BCUT2D eigenvalue weighted by molar-refractivity contribution is 6.31. The van der Waals surface area contributed by atoms with Crippen LogP contribution in [0.3, 0.4) is 0 Å². The van der Waals surface area contributed by atoms with Gasteiger partial charge in [0.25, 0.3) is 0 Å². The van der Waals surface area contributed by atoms with Gasteiger partial charge in [-0.15, -0.1) is 0 Å². The number of halogens is 1. The van der Waals surface area contributed by atoms with E-state index in [2.05, 4.69) is 9.97 Å². The molecule has 0 atom stereocenters. The molecular weight excluding hydrogens is 284 g/mol. The van der Waals surface area contributed by atoms with Crippen LogP contribution in [0.25, 0.3) is 0 Å². The number of carboxylic acids is 1. The van der Waals surface area contributed by atoms with Crippen molar-refractivity contribution in [1.82, 2.24) is 9.97 Å². The molecule has 0 amide bonds. The molecule has 0 aliphatic carbocycles. The fourth-order valence-corrected chi connectivity index (χ4v) is 1.69. The van der Waals surface area contributed by atoms with Gasteiger partial charge in [0.05, 0.1) is 13.3 Å². The molecular formula is C13H11ClN2O4. The van der Waals surface area contributed by atoms with Crippen LogP contribution in [0, 0.1) is 6.92 Å². The lowest BCUT2D eigenvalue weighted by Gasteiger charge is -2.12. The first kappa shape index (κ1) is 14.1. The molecule has 2 aromatic rings. The van der Waals surface area contributed by atoms with Crippen molar-refractivity contribution < 1.29 is 19.4 Å². The van der Waals surface area contributed by atoms with Crippen molar-refractivity contribution in [2.75, 3.05) is 7.11 Å². The Labute approximate surface area is 120 Å². The summed E-state index contributed by atoms with van der Waals surface area (Å²) in [6, 6.07) is 4.88. The fourth-order valence-electron chi connectivity index (χ4n) is 1.56. The molecule has 20 heavy (non-hydrogen) atoms. The van der Waals surface area contributed by atoms with Crippen molar-refractivity contribution in [3.8, 4) is 17.6 Å². The Bertz CT molecular complexity index is 661. The summed E-state index contributed by atoms with van der Waals surface area (Å²) in [5, 5.41) is 9.33. The minimum atomic E-state index is -1.10. The topological polar surface area (TPSA) is 81.5 Å². The maximum absolute atomic E-state index is 11.2. The van der Waals surface area contributed by atoms with Crippen molar-refractivity contribution in [1.29, 1.82) is 0 Å². The SMILES string of the molecule is COc1ncc(Cl)c(Oc2c(C)cccc2C(=O)O)n1. The number of nitrogens with zero attached hydrogens (tertiary/aromatic N) is 2. The normalized spacial score (nSPS) is 10.2. The highest BCUT2D eigenvalue weighted by atomic mass is 35.5. The number of carbonyl (C=O) groups is 1. The molecule has 1 aromatic heterocycles. The summed E-state index contributed by atoms with van der Waals surface area (Å²) < 4.78 is 10.4. The molecule has 0 fully saturated rings. The number of aromatic carboxylic acids is 1. The zero-order valence-electron chi connectivity index (χ0n) is 10.8. The second-order valence-corrected chi connectivity index (χ2v) is 4.28. The molecule has 7 heteroatoms. The first-order valence-corrected chi connectivity index (χ1v) is 5.98. The Morgan fingerprint density at radius 1 is 1.40 bits per heavy atom. The highest BCUT2D eigenvalue weighted by Gasteiger charge is 2.17. The van der Waals surface area contributed by atoms with Gasteiger partial charge in [-0.3, -0.25) is 0 Å². The van der Waals surface area contributed by atoms with Crippen molar-refractivity contribution in [2.45, 2.75) is 6.92 Å². The molecule has 1 heterocycles. The summed E-state index contributed by atoms with van der Waals surface area (Å²) in [7, 11) is 1.41. The second kappa shape index (κ2) is 5.75. The summed E-state index contributed by atoms with van der Waals surface area (Å²) >= 11 is 5.93. The Kier molecular flexibility index (Phi) is 4.05. The molecule has 1 N–H and O–H groups in total. The number of rotatable bonds is 4. The Hall–Kier alpha value is -2.34. The number of carboxylic acid groups (broad SMARTS) is 1. The molecule has 0 saturated heterocycles. The molecule has 0 radical (unpaired) electrons. The minimum Gasteiger partial charge on any atom is -0.478 e. The van der Waals surface area contributed by atoms with Gasteiger partial charge < -0.3 is 14.6 Å². The molecule has 6 nitrogen and oxygen atoms in total. The standard InChI is InChI=1S/C13H11ClN2O4/c1-7-4-3-5-8(12(17)18)10(7)20-11-9(14)6-15-13(16-11)19-2/h3-6H,1-2H3,(H,17,18). The predicted octanol–water partition coefficient (Wildman–Crippen LogP) is 2.94. The van der Waals surface area contributed by atoms with E-state index in [1.807, 2.05) is 0 Å². The van der Waals surface area contributed by atoms with Crippen LogP contribution >= 0.6 is 11.6 Å². The number of hydrogen-bond donors (Lipinski definition) is 1. The highest BCUT2D eigenvalue weighted by Crippen LogP contribution is 2.32. The number of aryl methyl sites for hydroxylation is 1. The van der Waals surface area contributed by atoms with Crippen molar-refractivity contribution in [2.24, 2.45) is 0 Å². The van der Waals surface area contributed by atoms with E-state index in [0.717, 1.165) is 0 Å². The van der Waals surface area contributed by atoms with E-state index in [0.29, 0.717) is 5.56 Å². The molecule has 0 bridgehead atoms. The van der Waals surface area contributed by atoms with Crippen LogP contribution in [-0.2, 0) is 0 Å². The number of benzene rings is 1. The third kappa shape index (κ3) is 2.80. The molecule has 1 aromatic carbocycles. The number of hydrogen-bond acceptors (Lipinski definition) is 5. The Morgan fingerprint density at radius 3 is 2.80 bits per heavy atom. The lowest BCUT2D eigenvalue weighted by Crippen LogP contribution is -2.03. The van der Waals surface area contributed by atoms with Crippen LogP contribution in [-0.4, -0.2) is 28.2 Å². The van der Waals surface area contributed by atoms with Crippen molar-refractivity contribution in [3.05, 3.63) is 40.5 Å². The summed E-state index contributed by atoms with van der Waals surface area (Å²) in [6.45, 7) is 1.73. The summed E-state index contributed by atoms with van der Waals surface area (Å²) in [6.07, 6.45) is 1.32. The van der Waals surface area contributed by atoms with E-state index >= 15 is 0 Å². The van der Waals surface area contributed by atoms with E-state index < -0.39 is 5.97 Å². The van der Waals surface area contributed by atoms with Crippen LogP contribution in [0.1, 0.15) is 15.9 Å². The Morgan fingerprint density at radius 2 is 2.15 bits per heavy atom. The average Bonchev–Trinajstić information content (AvgIpc) is 2.43. The maximum Gasteiger partial charge on any atom is 0.339 e. The van der Waals surface area contributed by atoms with Crippen LogP contribution in [0.2, 0.25) is 5.02 Å². The van der Waals surface area contributed by atoms with Gasteiger partial charge >= 0.3 is 12.0 Å². The minimum absolute atomic E-state index is 0.0265. The van der Waals surface area contributed by atoms with Gasteiger partial charge in [-0.2, -0.15) is 4.98 Å². The van der Waals surface area contributed by atoms with Crippen molar-refractivity contribution >= 4 is 17.6 Å². The smallest absolute Gasteiger partial charge is 0.339 e. The molecule has 0 aliphatic rings. The van der Waals surface area contributed by atoms with Gasteiger partial charge in [0.1, 0.15) is 16.3 Å². The Balaban J connectivity index is 2.47. The third-order valence-corrected chi connectivity index (χ3v) is 2.77. The predicted molar refractivity (Wildman–Crippen MR) is 71.8 cm³/mol. The van der Waals surface area contributed by atoms with Gasteiger partial charge in [0.15, 0.2) is 0 Å². The molecule has 104 valence electrons. The lowest BCUT2D eigenvalue weighted by atomic mass is 10.1. The molecule has 0 aliphatic heterocycles. The zero-order valence-corrected chi connectivity index (χ0v) is 11.5. The van der Waals surface area contributed by atoms with E-state index in [-0.39, 0.29) is 28.2 Å². The monoisotopic (exact) mass is 294 g/mol. The fraction of sp³-hybridized carbons (Fsp3) is 0.154. The average molecular weight is 295 g/mol. The number of ether oxygens (including phenoxy) is 2. The van der Waals surface area contributed by atoms with E-state index in [9.17, 15) is 4.79 Å². The summed E-state index contributed by atoms with van der Waals surface area (Å²) in [5.74, 6) is -0.876. The molecule has 0 saturated carbocycles. The van der Waals surface area contributed by atoms with Crippen LogP contribution in [0.4, 0.5) is 0 Å². The van der Waals surface area contributed by atoms with Gasteiger partial charge in [-0.1, -0.05) is 23.7 Å². The van der Waals surface area contributed by atoms with E-state index in [4.69, 9.17) is 26.2 Å². The third-order valence-electron chi connectivity index (χ3n) is 2.51. The quantitative estimate of drug-likeness (QED) is 0.933. The van der Waals surface area contributed by atoms with Crippen LogP contribution in [0.5, 0.6) is 17.6 Å². The number of para-hydroxylation sites is 1. The maximum atomic E-state index is 11.2. The first-order chi connectivity index (χ1) is 9.52. The zero-order chi connectivity index (χ0) is 14.7.